The quantitative estimate of drug-likeness (QED) is 0.162. The first-order chi connectivity index (χ1) is 29.8. The average molecular weight is 769 g/mol. The molecule has 4 nitrogen and oxygen atoms in total. The molecule has 282 valence electrons. The van der Waals surface area contributed by atoms with Gasteiger partial charge in [0.25, 0.3) is 0 Å². The molecule has 12 rings (SSSR count). The third-order valence-corrected chi connectivity index (χ3v) is 11.8. The lowest BCUT2D eigenvalue weighted by Crippen LogP contribution is -2.11. The van der Waals surface area contributed by atoms with Crippen LogP contribution >= 0.6 is 0 Å². The number of fused-ring (bicyclic) bond motifs is 9. The van der Waals surface area contributed by atoms with Crippen LogP contribution in [0.25, 0.3) is 76.5 Å². The molecule has 0 saturated carbocycles. The van der Waals surface area contributed by atoms with E-state index >= 15 is 0 Å². The molecule has 0 bridgehead atoms. The normalized spacial score (nSPS) is 11.7. The lowest BCUT2D eigenvalue weighted by Gasteiger charge is -2.28. The summed E-state index contributed by atoms with van der Waals surface area (Å²) in [5.41, 5.74) is 12.2. The molecule has 4 heteroatoms. The standard InChI is InChI=1S/C56H36N2O2/c1-4-17-38(18-5-1)57(39-19-6-2-7-20-39)51-36-48-45-32-31-37(35-54(45)60-56(48)46-26-13-12-25-44(46)51)41-33-34-49(43-24-11-10-23-42(41)43)58(40-21-8-3-9-22-40)50-28-16-30-53-55(50)47-27-14-15-29-52(47)59-53/h1-36H. The number of nitrogens with zero attached hydrogens (tertiary/aromatic N) is 2. The van der Waals surface area contributed by atoms with Gasteiger partial charge in [-0.1, -0.05) is 140 Å². The van der Waals surface area contributed by atoms with Crippen molar-refractivity contribution >= 4 is 99.5 Å². The smallest absolute Gasteiger partial charge is 0.143 e. The van der Waals surface area contributed by atoms with Crippen LogP contribution in [0.4, 0.5) is 34.1 Å². The van der Waals surface area contributed by atoms with Crippen molar-refractivity contribution in [1.82, 2.24) is 0 Å². The molecule has 0 aliphatic heterocycles. The summed E-state index contributed by atoms with van der Waals surface area (Å²) in [6.07, 6.45) is 0. The first-order valence-electron chi connectivity index (χ1n) is 20.3. The van der Waals surface area contributed by atoms with E-state index in [2.05, 4.69) is 216 Å². The summed E-state index contributed by atoms with van der Waals surface area (Å²) in [5, 5.41) is 8.86. The van der Waals surface area contributed by atoms with E-state index in [4.69, 9.17) is 8.83 Å². The van der Waals surface area contributed by atoms with Gasteiger partial charge in [0, 0.05) is 49.4 Å². The summed E-state index contributed by atoms with van der Waals surface area (Å²) >= 11 is 0. The van der Waals surface area contributed by atoms with Crippen LogP contribution in [0.5, 0.6) is 0 Å². The van der Waals surface area contributed by atoms with Crippen LogP contribution in [0.15, 0.2) is 227 Å². The number of hydrogen-bond acceptors (Lipinski definition) is 4. The van der Waals surface area contributed by atoms with E-state index in [1.165, 1.54) is 0 Å². The third kappa shape index (κ3) is 5.39. The van der Waals surface area contributed by atoms with Crippen LogP contribution in [0, 0.1) is 0 Å². The number of benzene rings is 10. The Morgan fingerprint density at radius 2 is 0.850 bits per heavy atom. The molecule has 0 unspecified atom stereocenters. The molecule has 0 atom stereocenters. The van der Waals surface area contributed by atoms with Gasteiger partial charge in [-0.3, -0.25) is 0 Å². The van der Waals surface area contributed by atoms with E-state index in [-0.39, 0.29) is 0 Å². The van der Waals surface area contributed by atoms with Gasteiger partial charge in [0.2, 0.25) is 0 Å². The first-order valence-corrected chi connectivity index (χ1v) is 20.3. The molecule has 0 spiro atoms. The van der Waals surface area contributed by atoms with E-state index in [0.717, 1.165) is 111 Å². The maximum atomic E-state index is 6.90. The lowest BCUT2D eigenvalue weighted by atomic mass is 9.95. The zero-order valence-electron chi connectivity index (χ0n) is 32.5. The zero-order chi connectivity index (χ0) is 39.6. The van der Waals surface area contributed by atoms with Gasteiger partial charge in [-0.15, -0.1) is 0 Å². The van der Waals surface area contributed by atoms with Gasteiger partial charge in [-0.25, -0.2) is 0 Å². The van der Waals surface area contributed by atoms with Crippen LogP contribution in [-0.2, 0) is 0 Å². The SMILES string of the molecule is c1ccc(N(c2ccccc2)c2cc3c4ccc(-c5ccc(N(c6ccccc6)c6cccc7oc8ccccc8c67)c6ccccc56)cc4oc3c3ccccc23)cc1. The minimum absolute atomic E-state index is 0.855. The fourth-order valence-electron chi connectivity index (χ4n) is 9.17. The average Bonchev–Trinajstić information content (AvgIpc) is 3.89. The molecule has 2 aromatic heterocycles. The van der Waals surface area contributed by atoms with E-state index in [9.17, 15) is 0 Å². The van der Waals surface area contributed by atoms with E-state index in [0.29, 0.717) is 0 Å². The van der Waals surface area contributed by atoms with Crippen molar-refractivity contribution < 1.29 is 8.83 Å². The second kappa shape index (κ2) is 13.8. The summed E-state index contributed by atoms with van der Waals surface area (Å²) in [5.74, 6) is 0. The molecule has 0 radical (unpaired) electrons. The minimum Gasteiger partial charge on any atom is -0.456 e. The van der Waals surface area contributed by atoms with E-state index in [1.807, 2.05) is 12.1 Å². The number of para-hydroxylation sites is 4. The van der Waals surface area contributed by atoms with Crippen LogP contribution < -0.4 is 9.80 Å². The molecule has 0 amide bonds. The summed E-state index contributed by atoms with van der Waals surface area (Å²) in [4.78, 5) is 4.71. The van der Waals surface area contributed by atoms with Gasteiger partial charge < -0.3 is 18.6 Å². The lowest BCUT2D eigenvalue weighted by molar-refractivity contribution is 0.669. The Morgan fingerprint density at radius 3 is 1.55 bits per heavy atom. The molecule has 0 aliphatic carbocycles. The molecule has 0 aliphatic rings. The summed E-state index contributed by atoms with van der Waals surface area (Å²) in [7, 11) is 0. The zero-order valence-corrected chi connectivity index (χ0v) is 32.5. The number of rotatable bonds is 7. The van der Waals surface area contributed by atoms with Gasteiger partial charge in [0.15, 0.2) is 0 Å². The molecule has 2 heterocycles. The Morgan fingerprint density at radius 1 is 0.283 bits per heavy atom. The number of furan rings is 2. The largest absolute Gasteiger partial charge is 0.456 e. The highest BCUT2D eigenvalue weighted by Crippen LogP contribution is 2.48. The van der Waals surface area contributed by atoms with Gasteiger partial charge in [0.1, 0.15) is 22.3 Å². The summed E-state index contributed by atoms with van der Waals surface area (Å²) < 4.78 is 13.3. The maximum absolute atomic E-state index is 6.90. The fourth-order valence-corrected chi connectivity index (χ4v) is 9.17. The van der Waals surface area contributed by atoms with E-state index in [1.54, 1.807) is 0 Å². The number of anilines is 6. The summed E-state index contributed by atoms with van der Waals surface area (Å²) in [6.45, 7) is 0. The molecule has 10 aromatic carbocycles. The maximum Gasteiger partial charge on any atom is 0.143 e. The Kier molecular flexibility index (Phi) is 7.82. The van der Waals surface area contributed by atoms with Crippen LogP contribution in [0.2, 0.25) is 0 Å². The van der Waals surface area contributed by atoms with Crippen molar-refractivity contribution in [3.63, 3.8) is 0 Å². The van der Waals surface area contributed by atoms with Crippen molar-refractivity contribution in [3.8, 4) is 11.1 Å². The van der Waals surface area contributed by atoms with E-state index < -0.39 is 0 Å². The van der Waals surface area contributed by atoms with Gasteiger partial charge in [0.05, 0.1) is 22.4 Å². The number of hydrogen-bond donors (Lipinski definition) is 0. The highest BCUT2D eigenvalue weighted by Gasteiger charge is 2.23. The van der Waals surface area contributed by atoms with Gasteiger partial charge in [-0.2, -0.15) is 0 Å². The highest BCUT2D eigenvalue weighted by molar-refractivity contribution is 6.20. The first kappa shape index (κ1) is 34.0. The van der Waals surface area contributed by atoms with Crippen molar-refractivity contribution in [2.45, 2.75) is 0 Å². The summed E-state index contributed by atoms with van der Waals surface area (Å²) in [6, 6.07) is 77.2. The molecular formula is C56H36N2O2. The predicted octanol–water partition coefficient (Wildman–Crippen LogP) is 16.4. The van der Waals surface area contributed by atoms with Crippen LogP contribution in [0.1, 0.15) is 0 Å². The van der Waals surface area contributed by atoms with Crippen LogP contribution in [0.3, 0.4) is 0 Å². The highest BCUT2D eigenvalue weighted by atomic mass is 16.3. The van der Waals surface area contributed by atoms with Crippen molar-refractivity contribution in [2.24, 2.45) is 0 Å². The molecule has 0 saturated heterocycles. The second-order valence-electron chi connectivity index (χ2n) is 15.2. The minimum atomic E-state index is 0.855. The van der Waals surface area contributed by atoms with Gasteiger partial charge in [-0.05, 0) is 95.4 Å². The van der Waals surface area contributed by atoms with Crippen molar-refractivity contribution in [2.75, 3.05) is 9.80 Å². The predicted molar refractivity (Wildman–Crippen MR) is 251 cm³/mol. The second-order valence-corrected chi connectivity index (χ2v) is 15.2. The molecule has 0 N–H and O–H groups in total. The van der Waals surface area contributed by atoms with Gasteiger partial charge >= 0.3 is 0 Å². The Labute approximate surface area is 346 Å². The monoisotopic (exact) mass is 768 g/mol. The fraction of sp³-hybridized carbons (Fsp3) is 0. The topological polar surface area (TPSA) is 32.8 Å². The third-order valence-electron chi connectivity index (χ3n) is 11.8. The molecule has 0 fully saturated rings. The van der Waals surface area contributed by atoms with Crippen molar-refractivity contribution in [3.05, 3.63) is 218 Å². The Bertz CT molecular complexity index is 3510. The van der Waals surface area contributed by atoms with Crippen molar-refractivity contribution in [1.29, 1.82) is 0 Å². The molecule has 60 heavy (non-hydrogen) atoms. The molecular weight excluding hydrogens is 733 g/mol. The van der Waals surface area contributed by atoms with Crippen LogP contribution in [-0.4, -0.2) is 0 Å². The Balaban J connectivity index is 1.04. The molecule has 12 aromatic rings. The Hall–Kier alpha value is -8.08.